The van der Waals surface area contributed by atoms with Crippen LogP contribution in [0.1, 0.15) is 12.1 Å². The van der Waals surface area contributed by atoms with Gasteiger partial charge in [0.05, 0.1) is 5.69 Å². The topological polar surface area (TPSA) is 28.7 Å². The highest BCUT2D eigenvalue weighted by molar-refractivity contribution is 5.58. The molecule has 1 aromatic heterocycles. The molecule has 0 fully saturated rings. The zero-order valence-electron chi connectivity index (χ0n) is 8.40. The molecule has 0 aliphatic heterocycles. The summed E-state index contributed by atoms with van der Waals surface area (Å²) in [5, 5.41) is 7.24. The fourth-order valence-electron chi connectivity index (χ4n) is 1.45. The van der Waals surface area contributed by atoms with Gasteiger partial charge in [0.25, 0.3) is 0 Å². The number of nitrogens with zero attached hydrogens (tertiary/aromatic N) is 1. The summed E-state index contributed by atoms with van der Waals surface area (Å²) < 4.78 is 0. The number of terminal acetylenes is 1. The monoisotopic (exact) mass is 196 g/mol. The Balaban J connectivity index is 2.18. The van der Waals surface area contributed by atoms with Crippen LogP contribution in [0.2, 0.25) is 0 Å². The highest BCUT2D eigenvalue weighted by Crippen LogP contribution is 2.17. The third-order valence-electron chi connectivity index (χ3n) is 2.24. The summed E-state index contributed by atoms with van der Waals surface area (Å²) in [6, 6.07) is 12.1. The highest BCUT2D eigenvalue weighted by Gasteiger charge is 2.02. The van der Waals surface area contributed by atoms with Crippen molar-refractivity contribution in [2.24, 2.45) is 0 Å². The van der Waals surface area contributed by atoms with Gasteiger partial charge >= 0.3 is 0 Å². The molecule has 0 aliphatic carbocycles. The highest BCUT2D eigenvalue weighted by atomic mass is 15.1. The molecule has 0 unspecified atom stereocenters. The Morgan fingerprint density at radius 1 is 1.27 bits per heavy atom. The predicted molar refractivity (Wildman–Crippen MR) is 61.2 cm³/mol. The summed E-state index contributed by atoms with van der Waals surface area (Å²) in [5.74, 6) is 2.62. The van der Waals surface area contributed by atoms with Gasteiger partial charge in [-0.3, -0.25) is 5.10 Å². The van der Waals surface area contributed by atoms with E-state index in [9.17, 15) is 0 Å². The van der Waals surface area contributed by atoms with E-state index in [1.807, 2.05) is 36.4 Å². The lowest BCUT2D eigenvalue weighted by atomic mass is 10.1. The van der Waals surface area contributed by atoms with Crippen LogP contribution in [-0.4, -0.2) is 10.2 Å². The summed E-state index contributed by atoms with van der Waals surface area (Å²) in [5.41, 5.74) is 3.19. The molecule has 0 bridgehead atoms. The number of H-pyrrole nitrogens is 1. The van der Waals surface area contributed by atoms with Crippen LogP contribution in [0.4, 0.5) is 0 Å². The Morgan fingerprint density at radius 3 is 2.80 bits per heavy atom. The van der Waals surface area contributed by atoms with Gasteiger partial charge in [-0.25, -0.2) is 0 Å². The maximum atomic E-state index is 5.21. The second-order valence-corrected chi connectivity index (χ2v) is 3.35. The normalized spacial score (nSPS) is 9.80. The standard InChI is InChI=1S/C13H12N2/c1-2-3-9-12-10-13(15-14-12)11-7-5-4-6-8-11/h1,4-8,10H,3,9H2,(H,14,15). The number of nitrogens with one attached hydrogen (secondary N) is 1. The second kappa shape index (κ2) is 4.47. The molecule has 2 aromatic rings. The maximum Gasteiger partial charge on any atom is 0.0923 e. The Bertz CT molecular complexity index is 463. The van der Waals surface area contributed by atoms with Crippen LogP contribution in [0, 0.1) is 12.3 Å². The molecule has 0 atom stereocenters. The number of aromatic nitrogens is 2. The zero-order chi connectivity index (χ0) is 10.5. The van der Waals surface area contributed by atoms with Gasteiger partial charge in [-0.15, -0.1) is 12.3 Å². The Hall–Kier alpha value is -2.01. The number of hydrogen-bond donors (Lipinski definition) is 1. The van der Waals surface area contributed by atoms with Crippen molar-refractivity contribution in [1.82, 2.24) is 10.2 Å². The second-order valence-electron chi connectivity index (χ2n) is 3.35. The average Bonchev–Trinajstić information content (AvgIpc) is 2.76. The lowest BCUT2D eigenvalue weighted by Crippen LogP contribution is -1.82. The van der Waals surface area contributed by atoms with E-state index in [4.69, 9.17) is 6.42 Å². The first kappa shape index (κ1) is 9.54. The van der Waals surface area contributed by atoms with Crippen LogP contribution in [-0.2, 0) is 6.42 Å². The van der Waals surface area contributed by atoms with Crippen LogP contribution in [0.5, 0.6) is 0 Å². The summed E-state index contributed by atoms with van der Waals surface area (Å²) in [7, 11) is 0. The van der Waals surface area contributed by atoms with Crippen molar-refractivity contribution >= 4 is 0 Å². The van der Waals surface area contributed by atoms with Gasteiger partial charge in [0.2, 0.25) is 0 Å². The van der Waals surface area contributed by atoms with Crippen molar-refractivity contribution in [3.8, 4) is 23.6 Å². The molecule has 0 aliphatic rings. The molecular weight excluding hydrogens is 184 g/mol. The molecule has 2 heteroatoms. The third-order valence-corrected chi connectivity index (χ3v) is 2.24. The predicted octanol–water partition coefficient (Wildman–Crippen LogP) is 2.64. The fraction of sp³-hybridized carbons (Fsp3) is 0.154. The average molecular weight is 196 g/mol. The Kier molecular flexibility index (Phi) is 2.85. The SMILES string of the molecule is C#CCCc1cc(-c2ccccc2)n[nH]1. The van der Waals surface area contributed by atoms with Crippen molar-refractivity contribution in [1.29, 1.82) is 0 Å². The van der Waals surface area contributed by atoms with Gasteiger partial charge in [0.1, 0.15) is 0 Å². The van der Waals surface area contributed by atoms with Crippen molar-refractivity contribution in [2.75, 3.05) is 0 Å². The van der Waals surface area contributed by atoms with Crippen LogP contribution >= 0.6 is 0 Å². The van der Waals surface area contributed by atoms with E-state index in [-0.39, 0.29) is 0 Å². The molecule has 1 N–H and O–H groups in total. The minimum Gasteiger partial charge on any atom is -0.282 e. The lowest BCUT2D eigenvalue weighted by molar-refractivity contribution is 0.930. The zero-order valence-corrected chi connectivity index (χ0v) is 8.40. The summed E-state index contributed by atoms with van der Waals surface area (Å²) in [4.78, 5) is 0. The van der Waals surface area contributed by atoms with Crippen molar-refractivity contribution in [3.63, 3.8) is 0 Å². The van der Waals surface area contributed by atoms with Gasteiger partial charge < -0.3 is 0 Å². The Morgan fingerprint density at radius 2 is 2.07 bits per heavy atom. The molecule has 74 valence electrons. The molecule has 0 spiro atoms. The molecule has 0 saturated heterocycles. The summed E-state index contributed by atoms with van der Waals surface area (Å²) >= 11 is 0. The molecule has 0 saturated carbocycles. The first-order valence-corrected chi connectivity index (χ1v) is 4.93. The van der Waals surface area contributed by atoms with E-state index in [1.165, 1.54) is 0 Å². The minimum atomic E-state index is 0.746. The number of aromatic amines is 1. The van der Waals surface area contributed by atoms with Gasteiger partial charge in [0.15, 0.2) is 0 Å². The minimum absolute atomic E-state index is 0.746. The van der Waals surface area contributed by atoms with Crippen LogP contribution in [0.3, 0.4) is 0 Å². The van der Waals surface area contributed by atoms with Crippen LogP contribution in [0.25, 0.3) is 11.3 Å². The lowest BCUT2D eigenvalue weighted by Gasteiger charge is -1.92. The quantitative estimate of drug-likeness (QED) is 0.751. The van der Waals surface area contributed by atoms with Crippen LogP contribution < -0.4 is 0 Å². The van der Waals surface area contributed by atoms with Crippen molar-refractivity contribution in [3.05, 3.63) is 42.1 Å². The molecule has 1 aromatic carbocycles. The number of aryl methyl sites for hydroxylation is 1. The first-order chi connectivity index (χ1) is 7.40. The van der Waals surface area contributed by atoms with Crippen molar-refractivity contribution in [2.45, 2.75) is 12.8 Å². The number of rotatable bonds is 3. The molecule has 2 rings (SSSR count). The molecule has 1 heterocycles. The van der Waals surface area contributed by atoms with Crippen LogP contribution in [0.15, 0.2) is 36.4 Å². The van der Waals surface area contributed by atoms with Crippen molar-refractivity contribution < 1.29 is 0 Å². The van der Waals surface area contributed by atoms with E-state index in [0.717, 1.165) is 29.8 Å². The molecule has 0 radical (unpaired) electrons. The fourth-order valence-corrected chi connectivity index (χ4v) is 1.45. The number of benzene rings is 1. The maximum absolute atomic E-state index is 5.21. The van der Waals surface area contributed by atoms with E-state index < -0.39 is 0 Å². The molecule has 0 amide bonds. The van der Waals surface area contributed by atoms with E-state index in [2.05, 4.69) is 16.1 Å². The van der Waals surface area contributed by atoms with E-state index >= 15 is 0 Å². The number of hydrogen-bond acceptors (Lipinski definition) is 1. The molecule has 15 heavy (non-hydrogen) atoms. The third kappa shape index (κ3) is 2.26. The smallest absolute Gasteiger partial charge is 0.0923 e. The molecular formula is C13H12N2. The van der Waals surface area contributed by atoms with Gasteiger partial charge in [-0.05, 0) is 6.07 Å². The largest absolute Gasteiger partial charge is 0.282 e. The summed E-state index contributed by atoms with van der Waals surface area (Å²) in [6.45, 7) is 0. The summed E-state index contributed by atoms with van der Waals surface area (Å²) in [6.07, 6.45) is 6.81. The van der Waals surface area contributed by atoms with Gasteiger partial charge in [0, 0.05) is 24.1 Å². The Labute approximate surface area is 89.3 Å². The van der Waals surface area contributed by atoms with Gasteiger partial charge in [-0.2, -0.15) is 5.10 Å². The van der Waals surface area contributed by atoms with E-state index in [0.29, 0.717) is 0 Å². The first-order valence-electron chi connectivity index (χ1n) is 4.93. The molecule has 2 nitrogen and oxygen atoms in total. The van der Waals surface area contributed by atoms with Gasteiger partial charge in [-0.1, -0.05) is 30.3 Å². The van der Waals surface area contributed by atoms with E-state index in [1.54, 1.807) is 0 Å².